The van der Waals surface area contributed by atoms with Crippen LogP contribution in [0, 0.1) is 0 Å². The standard InChI is InChI=1S/C21H28N4OS/c1-5-21(6-2,14-10-11-17(22)19(26)12-14)16-13-23-20-15(16)8-7-9-18(20)24-25(3)27-4/h7-13,23-24,26H,5-6,22H2,1-4H3. The molecule has 2 aromatic carbocycles. The third-order valence-electron chi connectivity index (χ3n) is 5.57. The average Bonchev–Trinajstić information content (AvgIpc) is 3.11. The summed E-state index contributed by atoms with van der Waals surface area (Å²) in [5.41, 5.74) is 13.9. The van der Waals surface area contributed by atoms with Crippen LogP contribution in [0.15, 0.2) is 42.6 Å². The maximum atomic E-state index is 10.2. The van der Waals surface area contributed by atoms with Gasteiger partial charge in [0.05, 0.1) is 16.9 Å². The van der Waals surface area contributed by atoms with Gasteiger partial charge in [-0.1, -0.05) is 44.0 Å². The molecule has 0 fully saturated rings. The lowest BCUT2D eigenvalue weighted by molar-refractivity contribution is 0.460. The van der Waals surface area contributed by atoms with Crippen molar-refractivity contribution in [2.24, 2.45) is 0 Å². The van der Waals surface area contributed by atoms with E-state index in [9.17, 15) is 5.11 Å². The Morgan fingerprint density at radius 3 is 2.59 bits per heavy atom. The van der Waals surface area contributed by atoms with Gasteiger partial charge in [0.2, 0.25) is 0 Å². The van der Waals surface area contributed by atoms with E-state index < -0.39 is 0 Å². The molecule has 0 saturated carbocycles. The number of hydrogen-bond acceptors (Lipinski definition) is 5. The molecular formula is C21H28N4OS. The molecule has 1 aromatic heterocycles. The van der Waals surface area contributed by atoms with E-state index in [1.165, 1.54) is 10.9 Å². The minimum absolute atomic E-state index is 0.141. The molecule has 0 aliphatic carbocycles. The fourth-order valence-corrected chi connectivity index (χ4v) is 4.08. The Kier molecular flexibility index (Phi) is 5.58. The Bertz CT molecular complexity index is 933. The molecule has 144 valence electrons. The minimum Gasteiger partial charge on any atom is -0.506 e. The summed E-state index contributed by atoms with van der Waals surface area (Å²) in [6.45, 7) is 4.39. The van der Waals surface area contributed by atoms with E-state index in [0.29, 0.717) is 5.69 Å². The number of nitrogens with zero attached hydrogens (tertiary/aromatic N) is 1. The number of nitrogens with two attached hydrogens (primary N) is 1. The summed E-state index contributed by atoms with van der Waals surface area (Å²) in [4.78, 5) is 3.47. The van der Waals surface area contributed by atoms with Crippen LogP contribution < -0.4 is 11.2 Å². The van der Waals surface area contributed by atoms with Crippen molar-refractivity contribution >= 4 is 34.2 Å². The van der Waals surface area contributed by atoms with Gasteiger partial charge >= 0.3 is 0 Å². The quantitative estimate of drug-likeness (QED) is 0.197. The predicted octanol–water partition coefficient (Wildman–Crippen LogP) is 5.10. The first-order valence-electron chi connectivity index (χ1n) is 9.20. The lowest BCUT2D eigenvalue weighted by Gasteiger charge is -2.33. The highest BCUT2D eigenvalue weighted by molar-refractivity contribution is 7.96. The minimum atomic E-state index is -0.201. The number of phenolic OH excluding ortho intramolecular Hbond substituents is 1. The number of phenols is 1. The molecule has 3 rings (SSSR count). The van der Waals surface area contributed by atoms with E-state index >= 15 is 0 Å². The number of aromatic amines is 1. The average molecular weight is 385 g/mol. The van der Waals surface area contributed by atoms with Gasteiger partial charge in [0, 0.05) is 24.0 Å². The number of anilines is 2. The van der Waals surface area contributed by atoms with Crippen LogP contribution in [0.5, 0.6) is 5.75 Å². The highest BCUT2D eigenvalue weighted by atomic mass is 32.2. The third-order valence-corrected chi connectivity index (χ3v) is 6.21. The predicted molar refractivity (Wildman–Crippen MR) is 117 cm³/mol. The van der Waals surface area contributed by atoms with E-state index in [0.717, 1.165) is 29.6 Å². The van der Waals surface area contributed by atoms with Gasteiger partial charge in [-0.3, -0.25) is 0 Å². The fraction of sp³-hybridized carbons (Fsp3) is 0.333. The Morgan fingerprint density at radius 2 is 1.96 bits per heavy atom. The maximum Gasteiger partial charge on any atom is 0.138 e. The smallest absolute Gasteiger partial charge is 0.138 e. The number of hydrogen-bond donors (Lipinski definition) is 4. The molecule has 5 N–H and O–H groups in total. The molecule has 0 spiro atoms. The SMILES string of the molecule is CCC(CC)(c1ccc(N)c(O)c1)c1c[nH]c2c(NN(C)SC)cccc12. The molecule has 1 heterocycles. The highest BCUT2D eigenvalue weighted by Crippen LogP contribution is 2.44. The number of nitrogens with one attached hydrogen (secondary N) is 2. The Hall–Kier alpha value is -2.31. The summed E-state index contributed by atoms with van der Waals surface area (Å²) in [6.07, 6.45) is 5.97. The summed E-state index contributed by atoms with van der Waals surface area (Å²) in [7, 11) is 1.99. The normalized spacial score (nSPS) is 12.0. The van der Waals surface area contributed by atoms with Crippen molar-refractivity contribution in [2.45, 2.75) is 32.1 Å². The zero-order valence-corrected chi connectivity index (χ0v) is 17.2. The van der Waals surface area contributed by atoms with Crippen molar-refractivity contribution < 1.29 is 5.11 Å². The van der Waals surface area contributed by atoms with Crippen LogP contribution in [-0.4, -0.2) is 27.8 Å². The molecule has 27 heavy (non-hydrogen) atoms. The first kappa shape index (κ1) is 19.5. The highest BCUT2D eigenvalue weighted by Gasteiger charge is 2.33. The number of aromatic nitrogens is 1. The van der Waals surface area contributed by atoms with Crippen LogP contribution in [0.1, 0.15) is 37.8 Å². The number of nitrogen functional groups attached to an aromatic ring is 1. The number of rotatable bonds is 7. The number of benzene rings is 2. The second kappa shape index (κ2) is 7.74. The zero-order valence-electron chi connectivity index (χ0n) is 16.3. The molecule has 3 aromatic rings. The first-order valence-corrected chi connectivity index (χ1v) is 10.4. The van der Waals surface area contributed by atoms with Gasteiger partial charge in [0.25, 0.3) is 0 Å². The number of aromatic hydroxyl groups is 1. The molecule has 0 saturated heterocycles. The topological polar surface area (TPSA) is 77.3 Å². The Balaban J connectivity index is 2.18. The van der Waals surface area contributed by atoms with Gasteiger partial charge in [-0.25, -0.2) is 0 Å². The van der Waals surface area contributed by atoms with E-state index in [1.54, 1.807) is 18.0 Å². The fourth-order valence-electron chi connectivity index (χ4n) is 3.89. The molecule has 0 aliphatic heterocycles. The van der Waals surface area contributed by atoms with E-state index in [2.05, 4.69) is 48.7 Å². The molecule has 0 atom stereocenters. The largest absolute Gasteiger partial charge is 0.506 e. The third kappa shape index (κ3) is 3.35. The molecule has 5 nitrogen and oxygen atoms in total. The van der Waals surface area contributed by atoms with Gasteiger partial charge in [-0.05, 0) is 48.4 Å². The molecule has 0 aliphatic rings. The number of hydrazine groups is 1. The number of para-hydroxylation sites is 1. The Morgan fingerprint density at radius 1 is 1.22 bits per heavy atom. The van der Waals surface area contributed by atoms with E-state index in [4.69, 9.17) is 5.73 Å². The van der Waals surface area contributed by atoms with Crippen LogP contribution in [0.2, 0.25) is 0 Å². The van der Waals surface area contributed by atoms with Crippen molar-refractivity contribution in [3.63, 3.8) is 0 Å². The second-order valence-electron chi connectivity index (χ2n) is 6.79. The molecule has 0 amide bonds. The van der Waals surface area contributed by atoms with Crippen molar-refractivity contribution in [2.75, 3.05) is 24.5 Å². The van der Waals surface area contributed by atoms with E-state index in [1.807, 2.05) is 29.9 Å². The monoisotopic (exact) mass is 384 g/mol. The van der Waals surface area contributed by atoms with Crippen LogP contribution in [0.25, 0.3) is 10.9 Å². The first-order chi connectivity index (χ1) is 13.0. The van der Waals surface area contributed by atoms with Crippen molar-refractivity contribution in [3.05, 3.63) is 53.7 Å². The zero-order chi connectivity index (χ0) is 19.6. The number of fused-ring (bicyclic) bond motifs is 1. The van der Waals surface area contributed by atoms with Crippen LogP contribution >= 0.6 is 11.9 Å². The molecule has 0 unspecified atom stereocenters. The van der Waals surface area contributed by atoms with Gasteiger partial charge in [-0.15, -0.1) is 0 Å². The molecular weight excluding hydrogens is 356 g/mol. The van der Waals surface area contributed by atoms with Crippen molar-refractivity contribution in [1.82, 2.24) is 9.40 Å². The summed E-state index contributed by atoms with van der Waals surface area (Å²) >= 11 is 1.62. The van der Waals surface area contributed by atoms with Crippen LogP contribution in [0.3, 0.4) is 0 Å². The number of H-pyrrole nitrogens is 1. The second-order valence-corrected chi connectivity index (χ2v) is 7.70. The summed E-state index contributed by atoms with van der Waals surface area (Å²) < 4.78 is 1.97. The van der Waals surface area contributed by atoms with Gasteiger partial charge in [0.1, 0.15) is 5.75 Å². The lowest BCUT2D eigenvalue weighted by Crippen LogP contribution is -2.25. The van der Waals surface area contributed by atoms with E-state index in [-0.39, 0.29) is 11.2 Å². The van der Waals surface area contributed by atoms with Gasteiger partial charge in [-0.2, -0.15) is 4.41 Å². The Labute approximate surface area is 165 Å². The molecule has 0 radical (unpaired) electrons. The summed E-state index contributed by atoms with van der Waals surface area (Å²) in [6, 6.07) is 11.9. The van der Waals surface area contributed by atoms with Crippen molar-refractivity contribution in [3.8, 4) is 5.75 Å². The maximum absolute atomic E-state index is 10.2. The van der Waals surface area contributed by atoms with Gasteiger partial charge in [0.15, 0.2) is 0 Å². The van der Waals surface area contributed by atoms with Crippen molar-refractivity contribution in [1.29, 1.82) is 0 Å². The van der Waals surface area contributed by atoms with Crippen LogP contribution in [0.4, 0.5) is 11.4 Å². The molecule has 6 heteroatoms. The lowest BCUT2D eigenvalue weighted by atomic mass is 9.70. The van der Waals surface area contributed by atoms with Gasteiger partial charge < -0.3 is 21.2 Å². The summed E-state index contributed by atoms with van der Waals surface area (Å²) in [5.74, 6) is 0.141. The van der Waals surface area contributed by atoms with Crippen LogP contribution in [-0.2, 0) is 5.41 Å². The summed E-state index contributed by atoms with van der Waals surface area (Å²) in [5, 5.41) is 11.4. The molecule has 0 bridgehead atoms.